The molecule has 0 radical (unpaired) electrons. The molecular formula is C9H15N2+. The van der Waals surface area contributed by atoms with Gasteiger partial charge in [-0.15, -0.1) is 0 Å². The van der Waals surface area contributed by atoms with Gasteiger partial charge in [-0.05, 0) is 5.56 Å². The molecule has 0 fully saturated rings. The summed E-state index contributed by atoms with van der Waals surface area (Å²) in [6.45, 7) is 0.934. The van der Waals surface area contributed by atoms with Gasteiger partial charge in [0.05, 0.1) is 20.6 Å². The second kappa shape index (κ2) is 4.11. The quantitative estimate of drug-likeness (QED) is 0.574. The van der Waals surface area contributed by atoms with Crippen molar-refractivity contribution in [1.29, 1.82) is 0 Å². The van der Waals surface area contributed by atoms with E-state index in [2.05, 4.69) is 43.8 Å². The Balaban J connectivity index is 2.39. The fraction of sp³-hybridized carbons (Fsp3) is 0.333. The molecule has 1 aromatic rings. The minimum atomic E-state index is 0.934. The van der Waals surface area contributed by atoms with E-state index in [1.807, 2.05) is 6.07 Å². The summed E-state index contributed by atoms with van der Waals surface area (Å²) in [4.78, 5) is 0. The fourth-order valence-electron chi connectivity index (χ4n) is 0.875. The molecule has 0 aliphatic rings. The molecular weight excluding hydrogens is 136 g/mol. The van der Waals surface area contributed by atoms with Crippen LogP contribution in [0.15, 0.2) is 30.3 Å². The minimum Gasteiger partial charge on any atom is -0.262 e. The number of rotatable bonds is 3. The summed E-state index contributed by atoms with van der Waals surface area (Å²) in [5.41, 5.74) is 4.61. The van der Waals surface area contributed by atoms with E-state index >= 15 is 0 Å². The highest BCUT2D eigenvalue weighted by molar-refractivity contribution is 5.13. The van der Waals surface area contributed by atoms with Crippen LogP contribution in [0.3, 0.4) is 0 Å². The molecule has 0 spiro atoms. The van der Waals surface area contributed by atoms with Crippen molar-refractivity contribution < 1.29 is 5.01 Å². The molecule has 1 rings (SSSR count). The summed E-state index contributed by atoms with van der Waals surface area (Å²) in [6.07, 6.45) is 0. The first-order valence-electron chi connectivity index (χ1n) is 3.87. The Morgan fingerprint density at radius 1 is 1.18 bits per heavy atom. The van der Waals surface area contributed by atoms with Gasteiger partial charge in [0.2, 0.25) is 0 Å². The molecule has 0 amide bonds. The van der Waals surface area contributed by atoms with Crippen molar-refractivity contribution in [1.82, 2.24) is 5.43 Å². The lowest BCUT2D eigenvalue weighted by atomic mass is 10.2. The molecule has 0 aliphatic carbocycles. The second-order valence-electron chi connectivity index (χ2n) is 2.84. The van der Waals surface area contributed by atoms with E-state index in [4.69, 9.17) is 0 Å². The Kier molecular flexibility index (Phi) is 3.08. The standard InChI is InChI=1S/C9H14N2/c1-11(2)10-8-9-6-4-3-5-7-9/h3-7,10H,8H2,1-2H3/p+1. The van der Waals surface area contributed by atoms with Crippen molar-refractivity contribution in [2.45, 2.75) is 6.54 Å². The zero-order valence-electron chi connectivity index (χ0n) is 7.09. The molecule has 0 unspecified atom stereocenters. The maximum atomic E-state index is 3.28. The normalized spacial score (nSPS) is 10.5. The largest absolute Gasteiger partial charge is 0.262 e. The van der Waals surface area contributed by atoms with Gasteiger partial charge in [0, 0.05) is 0 Å². The van der Waals surface area contributed by atoms with Crippen molar-refractivity contribution >= 4 is 0 Å². The van der Waals surface area contributed by atoms with Gasteiger partial charge in [-0.2, -0.15) is 5.43 Å². The zero-order chi connectivity index (χ0) is 8.10. The van der Waals surface area contributed by atoms with Crippen molar-refractivity contribution in [2.75, 3.05) is 14.1 Å². The van der Waals surface area contributed by atoms with Gasteiger partial charge >= 0.3 is 0 Å². The van der Waals surface area contributed by atoms with Gasteiger partial charge in [0.1, 0.15) is 0 Å². The van der Waals surface area contributed by atoms with Gasteiger partial charge < -0.3 is 0 Å². The van der Waals surface area contributed by atoms with Crippen molar-refractivity contribution in [2.24, 2.45) is 0 Å². The number of hydrogen-bond donors (Lipinski definition) is 2. The molecule has 2 heteroatoms. The molecule has 60 valence electrons. The maximum absolute atomic E-state index is 3.28. The lowest BCUT2D eigenvalue weighted by Gasteiger charge is -2.07. The Morgan fingerprint density at radius 3 is 2.36 bits per heavy atom. The molecule has 0 saturated heterocycles. The van der Waals surface area contributed by atoms with Crippen LogP contribution in [0.25, 0.3) is 0 Å². The van der Waals surface area contributed by atoms with Gasteiger partial charge in [0.25, 0.3) is 0 Å². The first kappa shape index (κ1) is 8.24. The molecule has 0 atom stereocenters. The van der Waals surface area contributed by atoms with E-state index in [1.54, 1.807) is 0 Å². The third-order valence-corrected chi connectivity index (χ3v) is 1.49. The third kappa shape index (κ3) is 3.16. The zero-order valence-corrected chi connectivity index (χ0v) is 7.09. The van der Waals surface area contributed by atoms with Crippen LogP contribution in [0.1, 0.15) is 5.56 Å². The lowest BCUT2D eigenvalue weighted by Crippen LogP contribution is -3.12. The van der Waals surface area contributed by atoms with Gasteiger partial charge in [-0.25, -0.2) is 0 Å². The first-order chi connectivity index (χ1) is 5.29. The second-order valence-corrected chi connectivity index (χ2v) is 2.84. The van der Waals surface area contributed by atoms with Crippen LogP contribution in [-0.2, 0) is 6.54 Å². The molecule has 1 aromatic carbocycles. The third-order valence-electron chi connectivity index (χ3n) is 1.49. The Hall–Kier alpha value is -0.860. The Labute approximate surface area is 67.8 Å². The summed E-state index contributed by atoms with van der Waals surface area (Å²) < 4.78 is 0. The predicted octanol–water partition coefficient (Wildman–Crippen LogP) is -0.164. The van der Waals surface area contributed by atoms with Crippen LogP contribution in [0, 0.1) is 0 Å². The van der Waals surface area contributed by atoms with Crippen molar-refractivity contribution in [3.05, 3.63) is 35.9 Å². The molecule has 2 N–H and O–H groups in total. The summed E-state index contributed by atoms with van der Waals surface area (Å²) in [7, 11) is 4.14. The highest BCUT2D eigenvalue weighted by Crippen LogP contribution is 1.95. The highest BCUT2D eigenvalue weighted by atomic mass is 15.5. The monoisotopic (exact) mass is 151 g/mol. The molecule has 0 aromatic heterocycles. The van der Waals surface area contributed by atoms with E-state index in [1.165, 1.54) is 10.6 Å². The van der Waals surface area contributed by atoms with Crippen LogP contribution in [0.2, 0.25) is 0 Å². The van der Waals surface area contributed by atoms with Crippen LogP contribution in [0.5, 0.6) is 0 Å². The van der Waals surface area contributed by atoms with Crippen LogP contribution in [0.4, 0.5) is 0 Å². The number of nitrogens with one attached hydrogen (secondary N) is 2. The van der Waals surface area contributed by atoms with Gasteiger partial charge in [-0.3, -0.25) is 5.01 Å². The number of benzene rings is 1. The molecule has 0 heterocycles. The average Bonchev–Trinajstić information content (AvgIpc) is 2.03. The number of hydrogen-bond acceptors (Lipinski definition) is 1. The van der Waals surface area contributed by atoms with E-state index in [0.717, 1.165) is 6.54 Å². The van der Waals surface area contributed by atoms with Gasteiger partial charge in [-0.1, -0.05) is 30.3 Å². The van der Waals surface area contributed by atoms with E-state index in [-0.39, 0.29) is 0 Å². The SMILES string of the molecule is C[NH+](C)NCc1ccccc1. The molecule has 0 bridgehead atoms. The number of quaternary nitrogens is 1. The Morgan fingerprint density at radius 2 is 1.82 bits per heavy atom. The minimum absolute atomic E-state index is 0.934. The Bertz CT molecular complexity index is 194. The van der Waals surface area contributed by atoms with Crippen LogP contribution >= 0.6 is 0 Å². The van der Waals surface area contributed by atoms with Crippen molar-refractivity contribution in [3.63, 3.8) is 0 Å². The molecule has 0 saturated carbocycles. The van der Waals surface area contributed by atoms with Crippen LogP contribution in [-0.4, -0.2) is 14.1 Å². The van der Waals surface area contributed by atoms with E-state index < -0.39 is 0 Å². The highest BCUT2D eigenvalue weighted by Gasteiger charge is 1.92. The smallest absolute Gasteiger partial charge is 0.0839 e. The first-order valence-corrected chi connectivity index (χ1v) is 3.87. The van der Waals surface area contributed by atoms with Crippen LogP contribution < -0.4 is 10.4 Å². The average molecular weight is 151 g/mol. The van der Waals surface area contributed by atoms with Gasteiger partial charge in [0.15, 0.2) is 0 Å². The molecule has 0 aliphatic heterocycles. The van der Waals surface area contributed by atoms with Crippen molar-refractivity contribution in [3.8, 4) is 0 Å². The van der Waals surface area contributed by atoms with E-state index in [0.29, 0.717) is 0 Å². The summed E-state index contributed by atoms with van der Waals surface area (Å²) in [6, 6.07) is 10.4. The summed E-state index contributed by atoms with van der Waals surface area (Å²) in [5.74, 6) is 0. The predicted molar refractivity (Wildman–Crippen MR) is 46.1 cm³/mol. The maximum Gasteiger partial charge on any atom is 0.0839 e. The summed E-state index contributed by atoms with van der Waals surface area (Å²) >= 11 is 0. The topological polar surface area (TPSA) is 16.5 Å². The molecule has 11 heavy (non-hydrogen) atoms. The lowest BCUT2D eigenvalue weighted by molar-refractivity contribution is -0.908. The molecule has 2 nitrogen and oxygen atoms in total. The fourth-order valence-corrected chi connectivity index (χ4v) is 0.875. The van der Waals surface area contributed by atoms with E-state index in [9.17, 15) is 0 Å². The summed E-state index contributed by atoms with van der Waals surface area (Å²) in [5, 5.41) is 1.26.